The number of ether oxygens (including phenoxy) is 1. The number of rotatable bonds is 4. The van der Waals surface area contributed by atoms with Crippen molar-refractivity contribution in [2.24, 2.45) is 7.05 Å². The smallest absolute Gasteiger partial charge is 0.194 e. The van der Waals surface area contributed by atoms with Crippen molar-refractivity contribution >= 4 is 0 Å². The third kappa shape index (κ3) is 3.15. The first-order chi connectivity index (χ1) is 13.0. The van der Waals surface area contributed by atoms with Crippen LogP contribution in [0.4, 0.5) is 4.39 Å². The molecule has 0 unspecified atom stereocenters. The lowest BCUT2D eigenvalue weighted by atomic mass is 10.1. The topological polar surface area (TPSA) is 65.1 Å². The van der Waals surface area contributed by atoms with Crippen molar-refractivity contribution < 1.29 is 14.2 Å². The van der Waals surface area contributed by atoms with Gasteiger partial charge in [-0.25, -0.2) is 9.07 Å². The SMILES string of the molecule is COc1cc(-c2cnn(-c3cccc(-c4cnn(C)c4)c3)c2)cc(F)c1O. The Morgan fingerprint density at radius 2 is 1.74 bits per heavy atom. The van der Waals surface area contributed by atoms with Gasteiger partial charge in [0.15, 0.2) is 17.3 Å². The zero-order valence-corrected chi connectivity index (χ0v) is 14.8. The van der Waals surface area contributed by atoms with Crippen molar-refractivity contribution in [1.29, 1.82) is 0 Å². The zero-order chi connectivity index (χ0) is 19.0. The fourth-order valence-electron chi connectivity index (χ4n) is 2.91. The van der Waals surface area contributed by atoms with Gasteiger partial charge >= 0.3 is 0 Å². The molecule has 0 aliphatic rings. The van der Waals surface area contributed by atoms with Crippen LogP contribution in [0.3, 0.4) is 0 Å². The molecular formula is C20H17FN4O2. The Morgan fingerprint density at radius 1 is 0.963 bits per heavy atom. The molecule has 4 rings (SSSR count). The summed E-state index contributed by atoms with van der Waals surface area (Å²) in [6.07, 6.45) is 7.19. The minimum Gasteiger partial charge on any atom is -0.502 e. The Hall–Kier alpha value is -3.61. The summed E-state index contributed by atoms with van der Waals surface area (Å²) in [4.78, 5) is 0. The molecule has 1 N–H and O–H groups in total. The van der Waals surface area contributed by atoms with Gasteiger partial charge in [-0.1, -0.05) is 12.1 Å². The third-order valence-electron chi connectivity index (χ3n) is 4.31. The molecule has 7 heteroatoms. The first kappa shape index (κ1) is 16.8. The molecule has 6 nitrogen and oxygen atoms in total. The molecule has 2 aromatic carbocycles. The van der Waals surface area contributed by atoms with Gasteiger partial charge in [0.25, 0.3) is 0 Å². The van der Waals surface area contributed by atoms with E-state index in [1.165, 1.54) is 13.2 Å². The van der Waals surface area contributed by atoms with Gasteiger partial charge in [0.2, 0.25) is 0 Å². The van der Waals surface area contributed by atoms with Crippen molar-refractivity contribution in [2.75, 3.05) is 7.11 Å². The summed E-state index contributed by atoms with van der Waals surface area (Å²) in [5.41, 5.74) is 4.18. The lowest BCUT2D eigenvalue weighted by molar-refractivity contribution is 0.357. The number of aromatic nitrogens is 4. The molecule has 0 radical (unpaired) electrons. The molecule has 0 saturated carbocycles. The largest absolute Gasteiger partial charge is 0.502 e. The van der Waals surface area contributed by atoms with Crippen LogP contribution in [-0.2, 0) is 7.05 Å². The van der Waals surface area contributed by atoms with Crippen molar-refractivity contribution in [1.82, 2.24) is 19.6 Å². The number of aromatic hydroxyl groups is 1. The number of phenolic OH excluding ortho intramolecular Hbond substituents is 1. The molecule has 136 valence electrons. The maximum atomic E-state index is 13.9. The van der Waals surface area contributed by atoms with Gasteiger partial charge in [0.05, 0.1) is 25.2 Å². The van der Waals surface area contributed by atoms with E-state index in [-0.39, 0.29) is 5.75 Å². The first-order valence-electron chi connectivity index (χ1n) is 8.26. The molecule has 0 aliphatic heterocycles. The Balaban J connectivity index is 1.70. The van der Waals surface area contributed by atoms with Crippen molar-refractivity contribution in [3.63, 3.8) is 0 Å². The summed E-state index contributed by atoms with van der Waals surface area (Å²) in [6, 6.07) is 10.7. The van der Waals surface area contributed by atoms with E-state index in [1.807, 2.05) is 37.5 Å². The Morgan fingerprint density at radius 3 is 2.48 bits per heavy atom. The molecule has 0 saturated heterocycles. The summed E-state index contributed by atoms with van der Waals surface area (Å²) in [6.45, 7) is 0. The lowest BCUT2D eigenvalue weighted by Crippen LogP contribution is -1.94. The highest BCUT2D eigenvalue weighted by molar-refractivity contribution is 5.68. The normalized spacial score (nSPS) is 10.9. The number of aryl methyl sites for hydroxylation is 1. The van der Waals surface area contributed by atoms with E-state index in [0.29, 0.717) is 11.1 Å². The predicted octanol–water partition coefficient (Wildman–Crippen LogP) is 3.79. The number of benzene rings is 2. The molecular weight excluding hydrogens is 347 g/mol. The summed E-state index contributed by atoms with van der Waals surface area (Å²) in [7, 11) is 3.25. The molecule has 0 aliphatic carbocycles. The van der Waals surface area contributed by atoms with Gasteiger partial charge in [-0.3, -0.25) is 4.68 Å². The molecule has 0 spiro atoms. The van der Waals surface area contributed by atoms with Crippen LogP contribution >= 0.6 is 0 Å². The van der Waals surface area contributed by atoms with Gasteiger partial charge in [-0.2, -0.15) is 10.2 Å². The zero-order valence-electron chi connectivity index (χ0n) is 14.8. The molecule has 0 bridgehead atoms. The number of methoxy groups -OCH3 is 1. The highest BCUT2D eigenvalue weighted by Gasteiger charge is 2.13. The van der Waals surface area contributed by atoms with Crippen molar-refractivity contribution in [2.45, 2.75) is 0 Å². The third-order valence-corrected chi connectivity index (χ3v) is 4.31. The average molecular weight is 364 g/mol. The van der Waals surface area contributed by atoms with E-state index in [1.54, 1.807) is 34.0 Å². The van der Waals surface area contributed by atoms with E-state index >= 15 is 0 Å². The quantitative estimate of drug-likeness (QED) is 0.598. The second-order valence-electron chi connectivity index (χ2n) is 6.14. The number of hydrogen-bond acceptors (Lipinski definition) is 4. The van der Waals surface area contributed by atoms with Crippen molar-refractivity contribution in [3.05, 3.63) is 67.0 Å². The second-order valence-corrected chi connectivity index (χ2v) is 6.14. The number of phenols is 1. The summed E-state index contributed by atoms with van der Waals surface area (Å²) >= 11 is 0. The highest BCUT2D eigenvalue weighted by Crippen LogP contribution is 2.34. The molecule has 2 heterocycles. The second kappa shape index (κ2) is 6.60. The Labute approximate surface area is 155 Å². The van der Waals surface area contributed by atoms with Gasteiger partial charge in [-0.15, -0.1) is 0 Å². The van der Waals surface area contributed by atoms with Crippen LogP contribution in [0.25, 0.3) is 27.9 Å². The van der Waals surface area contributed by atoms with Gasteiger partial charge in [0, 0.05) is 30.6 Å². The Bertz CT molecular complexity index is 1120. The monoisotopic (exact) mass is 364 g/mol. The maximum Gasteiger partial charge on any atom is 0.194 e. The van der Waals surface area contributed by atoms with E-state index < -0.39 is 11.6 Å². The first-order valence-corrected chi connectivity index (χ1v) is 8.26. The molecule has 0 fully saturated rings. The molecule has 0 amide bonds. The summed E-state index contributed by atoms with van der Waals surface area (Å²) in [5.74, 6) is -1.16. The minimum absolute atomic E-state index is 0.0799. The van der Waals surface area contributed by atoms with E-state index in [9.17, 15) is 9.50 Å². The summed E-state index contributed by atoms with van der Waals surface area (Å²) < 4.78 is 22.4. The number of hydrogen-bond donors (Lipinski definition) is 1. The number of halogens is 1. The van der Waals surface area contributed by atoms with Crippen LogP contribution in [0.15, 0.2) is 61.2 Å². The van der Waals surface area contributed by atoms with E-state index in [0.717, 1.165) is 16.8 Å². The predicted molar refractivity (Wildman–Crippen MR) is 99.4 cm³/mol. The van der Waals surface area contributed by atoms with Gasteiger partial charge in [0.1, 0.15) is 0 Å². The maximum absolute atomic E-state index is 13.9. The molecule has 2 aromatic heterocycles. The van der Waals surface area contributed by atoms with E-state index in [4.69, 9.17) is 4.74 Å². The van der Waals surface area contributed by atoms with E-state index in [2.05, 4.69) is 10.2 Å². The molecule has 27 heavy (non-hydrogen) atoms. The fraction of sp³-hybridized carbons (Fsp3) is 0.100. The van der Waals surface area contributed by atoms with Gasteiger partial charge in [-0.05, 0) is 35.4 Å². The van der Waals surface area contributed by atoms with Crippen LogP contribution < -0.4 is 4.74 Å². The van der Waals surface area contributed by atoms with Crippen LogP contribution in [0.2, 0.25) is 0 Å². The molecule has 4 aromatic rings. The highest BCUT2D eigenvalue weighted by atomic mass is 19.1. The molecule has 0 atom stereocenters. The van der Waals surface area contributed by atoms with Crippen LogP contribution in [0.1, 0.15) is 0 Å². The van der Waals surface area contributed by atoms with Gasteiger partial charge < -0.3 is 9.84 Å². The lowest BCUT2D eigenvalue weighted by Gasteiger charge is -2.07. The summed E-state index contributed by atoms with van der Waals surface area (Å²) in [5, 5.41) is 18.2. The standard InChI is InChI=1S/C20H17FN4O2/c1-24-11-15(9-22-24)13-4-3-5-17(6-13)25-12-16(10-23-25)14-7-18(21)20(26)19(8-14)27-2/h3-12,26H,1-2H3. The van der Waals surface area contributed by atoms with Crippen molar-refractivity contribution in [3.8, 4) is 39.4 Å². The van der Waals surface area contributed by atoms with Crippen LogP contribution in [0.5, 0.6) is 11.5 Å². The van der Waals surface area contributed by atoms with Crippen LogP contribution in [-0.4, -0.2) is 31.8 Å². The minimum atomic E-state index is -0.740. The number of nitrogens with zero attached hydrogens (tertiary/aromatic N) is 4. The Kier molecular flexibility index (Phi) is 4.12. The fourth-order valence-corrected chi connectivity index (χ4v) is 2.91. The van der Waals surface area contributed by atoms with Crippen LogP contribution in [0, 0.1) is 5.82 Å². The average Bonchev–Trinajstić information content (AvgIpc) is 3.33.